The minimum atomic E-state index is -0.337. The number of rotatable bonds is 4. The number of ether oxygens (including phenoxy) is 1. The van der Waals surface area contributed by atoms with E-state index in [2.05, 4.69) is 0 Å². The molecule has 3 nitrogen and oxygen atoms in total. The summed E-state index contributed by atoms with van der Waals surface area (Å²) >= 11 is 0. The Kier molecular flexibility index (Phi) is 4.84. The molecule has 1 amide bonds. The summed E-state index contributed by atoms with van der Waals surface area (Å²) in [5.74, 6) is 0.182. The highest BCUT2D eigenvalue weighted by molar-refractivity contribution is 5.94. The molecule has 0 atom stereocenters. The highest BCUT2D eigenvalue weighted by Crippen LogP contribution is 2.27. The van der Waals surface area contributed by atoms with Crippen molar-refractivity contribution in [3.63, 3.8) is 0 Å². The van der Waals surface area contributed by atoms with Gasteiger partial charge < -0.3 is 9.64 Å². The molecule has 0 saturated heterocycles. The van der Waals surface area contributed by atoms with Crippen LogP contribution < -0.4 is 4.74 Å². The summed E-state index contributed by atoms with van der Waals surface area (Å²) in [6.45, 7) is 0. The second-order valence-electron chi connectivity index (χ2n) is 6.28. The molecule has 2 aromatic carbocycles. The Morgan fingerprint density at radius 2 is 1.79 bits per heavy atom. The van der Waals surface area contributed by atoms with Crippen LogP contribution in [0.1, 0.15) is 36.0 Å². The second kappa shape index (κ2) is 7.04. The summed E-state index contributed by atoms with van der Waals surface area (Å²) in [6.07, 6.45) is 4.55. The zero-order chi connectivity index (χ0) is 17.1. The van der Waals surface area contributed by atoms with E-state index in [1.807, 2.05) is 11.9 Å². The van der Waals surface area contributed by atoms with Crippen LogP contribution in [0.25, 0.3) is 11.1 Å². The Morgan fingerprint density at radius 1 is 1.12 bits per heavy atom. The molecular formula is C20H22FNO2. The van der Waals surface area contributed by atoms with Crippen LogP contribution in [-0.4, -0.2) is 31.0 Å². The molecule has 1 fully saturated rings. The third-order valence-corrected chi connectivity index (χ3v) is 4.81. The van der Waals surface area contributed by atoms with Gasteiger partial charge in [0.1, 0.15) is 11.6 Å². The van der Waals surface area contributed by atoms with Crippen molar-refractivity contribution < 1.29 is 13.9 Å². The number of nitrogens with zero attached hydrogens (tertiary/aromatic N) is 1. The predicted molar refractivity (Wildman–Crippen MR) is 92.7 cm³/mol. The molecule has 0 aromatic heterocycles. The Hall–Kier alpha value is -2.36. The molecule has 1 aliphatic carbocycles. The van der Waals surface area contributed by atoms with Gasteiger partial charge in [-0.25, -0.2) is 4.39 Å². The van der Waals surface area contributed by atoms with Crippen molar-refractivity contribution >= 4 is 5.91 Å². The first-order chi connectivity index (χ1) is 11.6. The predicted octanol–water partition coefficient (Wildman–Crippen LogP) is 4.52. The molecule has 1 aliphatic rings. The van der Waals surface area contributed by atoms with Crippen LogP contribution in [-0.2, 0) is 0 Å². The van der Waals surface area contributed by atoms with Crippen LogP contribution in [0.15, 0.2) is 42.5 Å². The molecule has 24 heavy (non-hydrogen) atoms. The Balaban J connectivity index is 1.79. The maximum absolute atomic E-state index is 14.2. The summed E-state index contributed by atoms with van der Waals surface area (Å²) in [5, 5.41) is 0. The van der Waals surface area contributed by atoms with E-state index < -0.39 is 0 Å². The van der Waals surface area contributed by atoms with E-state index in [0.717, 1.165) is 18.4 Å². The van der Waals surface area contributed by atoms with Crippen LogP contribution in [0.2, 0.25) is 0 Å². The largest absolute Gasteiger partial charge is 0.497 e. The molecule has 126 valence electrons. The first-order valence-corrected chi connectivity index (χ1v) is 8.31. The molecular weight excluding hydrogens is 305 g/mol. The fourth-order valence-corrected chi connectivity index (χ4v) is 3.31. The molecule has 0 N–H and O–H groups in total. The van der Waals surface area contributed by atoms with E-state index >= 15 is 0 Å². The molecule has 0 radical (unpaired) electrons. The third-order valence-electron chi connectivity index (χ3n) is 4.81. The van der Waals surface area contributed by atoms with Gasteiger partial charge in [-0.1, -0.05) is 25.0 Å². The Bertz CT molecular complexity index is 721. The van der Waals surface area contributed by atoms with Gasteiger partial charge in [-0.05, 0) is 42.7 Å². The van der Waals surface area contributed by atoms with Crippen molar-refractivity contribution in [1.29, 1.82) is 0 Å². The standard InChI is InChI=1S/C20H22FNO2/c1-22(16-5-3-4-6-16)20(23)15-9-7-14(8-10-15)18-12-11-17(24-2)13-19(18)21/h7-13,16H,3-6H2,1-2H3. The molecule has 0 heterocycles. The summed E-state index contributed by atoms with van der Waals surface area (Å²) < 4.78 is 19.2. The first kappa shape index (κ1) is 16.5. The van der Waals surface area contributed by atoms with Gasteiger partial charge in [-0.2, -0.15) is 0 Å². The average molecular weight is 327 g/mol. The number of hydrogen-bond acceptors (Lipinski definition) is 2. The number of methoxy groups -OCH3 is 1. The van der Waals surface area contributed by atoms with Gasteiger partial charge in [-0.3, -0.25) is 4.79 Å². The number of carbonyl (C=O) groups is 1. The lowest BCUT2D eigenvalue weighted by Gasteiger charge is -2.24. The summed E-state index contributed by atoms with van der Waals surface area (Å²) in [4.78, 5) is 14.4. The molecule has 0 aliphatic heterocycles. The van der Waals surface area contributed by atoms with E-state index in [1.165, 1.54) is 26.0 Å². The van der Waals surface area contributed by atoms with E-state index in [1.54, 1.807) is 36.4 Å². The Labute approximate surface area is 142 Å². The van der Waals surface area contributed by atoms with Crippen LogP contribution in [0.4, 0.5) is 4.39 Å². The van der Waals surface area contributed by atoms with Crippen molar-refractivity contribution in [2.24, 2.45) is 0 Å². The number of benzene rings is 2. The van der Waals surface area contributed by atoms with Crippen LogP contribution in [0.3, 0.4) is 0 Å². The first-order valence-electron chi connectivity index (χ1n) is 8.31. The monoisotopic (exact) mass is 327 g/mol. The highest BCUT2D eigenvalue weighted by atomic mass is 19.1. The minimum Gasteiger partial charge on any atom is -0.497 e. The van der Waals surface area contributed by atoms with Gasteiger partial charge >= 0.3 is 0 Å². The summed E-state index contributed by atoms with van der Waals surface area (Å²) in [7, 11) is 3.38. The van der Waals surface area contributed by atoms with E-state index in [0.29, 0.717) is 22.9 Å². The zero-order valence-electron chi connectivity index (χ0n) is 14.1. The fraction of sp³-hybridized carbons (Fsp3) is 0.350. The smallest absolute Gasteiger partial charge is 0.253 e. The normalized spacial score (nSPS) is 14.6. The summed E-state index contributed by atoms with van der Waals surface area (Å²) in [6, 6.07) is 12.3. The van der Waals surface area contributed by atoms with E-state index in [-0.39, 0.29) is 11.7 Å². The van der Waals surface area contributed by atoms with Crippen molar-refractivity contribution in [3.05, 3.63) is 53.8 Å². The summed E-state index contributed by atoms with van der Waals surface area (Å²) in [5.41, 5.74) is 1.89. The molecule has 0 bridgehead atoms. The maximum Gasteiger partial charge on any atom is 0.253 e. The van der Waals surface area contributed by atoms with Crippen molar-refractivity contribution in [2.45, 2.75) is 31.7 Å². The molecule has 1 saturated carbocycles. The lowest BCUT2D eigenvalue weighted by molar-refractivity contribution is 0.0735. The molecule has 0 spiro atoms. The maximum atomic E-state index is 14.2. The average Bonchev–Trinajstić information content (AvgIpc) is 3.15. The Morgan fingerprint density at radius 3 is 2.38 bits per heavy atom. The SMILES string of the molecule is COc1ccc(-c2ccc(C(=O)N(C)C3CCCC3)cc2)c(F)c1. The van der Waals surface area contributed by atoms with Crippen molar-refractivity contribution in [3.8, 4) is 16.9 Å². The fourth-order valence-electron chi connectivity index (χ4n) is 3.31. The van der Waals surface area contributed by atoms with Crippen molar-refractivity contribution in [1.82, 2.24) is 4.90 Å². The lowest BCUT2D eigenvalue weighted by Crippen LogP contribution is -2.35. The minimum absolute atomic E-state index is 0.0312. The molecule has 0 unspecified atom stereocenters. The van der Waals surface area contributed by atoms with Gasteiger partial charge in [0, 0.05) is 30.3 Å². The number of amides is 1. The van der Waals surface area contributed by atoms with Gasteiger partial charge in [0.15, 0.2) is 0 Å². The quantitative estimate of drug-likeness (QED) is 0.826. The number of carbonyl (C=O) groups excluding carboxylic acids is 1. The highest BCUT2D eigenvalue weighted by Gasteiger charge is 2.24. The van der Waals surface area contributed by atoms with Crippen LogP contribution in [0.5, 0.6) is 5.75 Å². The van der Waals surface area contributed by atoms with E-state index in [4.69, 9.17) is 4.74 Å². The molecule has 4 heteroatoms. The van der Waals surface area contributed by atoms with Crippen LogP contribution >= 0.6 is 0 Å². The van der Waals surface area contributed by atoms with Gasteiger partial charge in [0.2, 0.25) is 0 Å². The molecule has 3 rings (SSSR count). The lowest BCUT2D eigenvalue weighted by atomic mass is 10.0. The van der Waals surface area contributed by atoms with Crippen molar-refractivity contribution in [2.75, 3.05) is 14.2 Å². The second-order valence-corrected chi connectivity index (χ2v) is 6.28. The topological polar surface area (TPSA) is 29.5 Å². The number of halogens is 1. The van der Waals surface area contributed by atoms with Gasteiger partial charge in [0.25, 0.3) is 5.91 Å². The van der Waals surface area contributed by atoms with Gasteiger partial charge in [-0.15, -0.1) is 0 Å². The molecule has 2 aromatic rings. The third kappa shape index (κ3) is 3.28. The zero-order valence-corrected chi connectivity index (χ0v) is 14.1. The van der Waals surface area contributed by atoms with Gasteiger partial charge in [0.05, 0.1) is 7.11 Å². The van der Waals surface area contributed by atoms with E-state index in [9.17, 15) is 9.18 Å². The van der Waals surface area contributed by atoms with Crippen LogP contribution in [0, 0.1) is 5.82 Å². The number of hydrogen-bond donors (Lipinski definition) is 0.